The van der Waals surface area contributed by atoms with Gasteiger partial charge in [-0.2, -0.15) is 0 Å². The second-order valence-corrected chi connectivity index (χ2v) is 4.03. The highest BCUT2D eigenvalue weighted by Gasteiger charge is 1.99. The maximum absolute atomic E-state index is 10.6. The fourth-order valence-corrected chi connectivity index (χ4v) is 0.877. The van der Waals surface area contributed by atoms with E-state index in [1.807, 2.05) is 30.3 Å². The van der Waals surface area contributed by atoms with E-state index in [2.05, 4.69) is 6.58 Å². The molecule has 1 rings (SSSR count). The molecule has 0 spiro atoms. The van der Waals surface area contributed by atoms with Gasteiger partial charge in [0.05, 0.1) is 5.92 Å². The molecule has 20 heavy (non-hydrogen) atoms. The average molecular weight is 280 g/mol. The molecule has 0 saturated carbocycles. The van der Waals surface area contributed by atoms with Gasteiger partial charge in [0.15, 0.2) is 0 Å². The Morgan fingerprint density at radius 1 is 1.25 bits per heavy atom. The van der Waals surface area contributed by atoms with Crippen molar-refractivity contribution in [3.8, 4) is 5.75 Å². The molecule has 0 aliphatic carbocycles. The zero-order valence-electron chi connectivity index (χ0n) is 11.7. The number of para-hydroxylation sites is 1. The Kier molecular flexibility index (Phi) is 9.39. The number of carboxylic acids is 1. The molecule has 0 unspecified atom stereocenters. The van der Waals surface area contributed by atoms with Crippen molar-refractivity contribution in [3.63, 3.8) is 0 Å². The number of hydrogen-bond donors (Lipinski definition) is 1. The molecule has 0 saturated heterocycles. The zero-order valence-corrected chi connectivity index (χ0v) is 11.7. The molecule has 5 heteroatoms. The number of rotatable bonds is 6. The summed E-state index contributed by atoms with van der Waals surface area (Å²) in [6.07, 6.45) is 1.13. The number of carboxylic acid groups (broad SMARTS) is 1. The van der Waals surface area contributed by atoms with Crippen molar-refractivity contribution in [1.82, 2.24) is 0 Å². The maximum atomic E-state index is 10.6. The molecule has 0 fully saturated rings. The topological polar surface area (TPSA) is 72.8 Å². The summed E-state index contributed by atoms with van der Waals surface area (Å²) in [6.45, 7) is 7.15. The second kappa shape index (κ2) is 10.6. The minimum atomic E-state index is -0.741. The third kappa shape index (κ3) is 9.70. The van der Waals surface area contributed by atoms with Crippen LogP contribution in [-0.2, 0) is 14.3 Å². The summed E-state index contributed by atoms with van der Waals surface area (Å²) >= 11 is 0. The molecule has 0 heterocycles. The standard InChI is InChI=1S/C11H12O3.C4H8O2/c1-2-11(12)14-9-8-13-10-6-4-3-5-7-10;1-3(2)4(5)6/h2-7H,1,8-9H2;3H,1-2H3,(H,5,6). The van der Waals surface area contributed by atoms with E-state index < -0.39 is 11.9 Å². The number of esters is 1. The predicted octanol–water partition coefficient (Wildman–Crippen LogP) is 2.52. The third-order valence-electron chi connectivity index (χ3n) is 2.00. The van der Waals surface area contributed by atoms with E-state index in [0.29, 0.717) is 6.61 Å². The van der Waals surface area contributed by atoms with Crippen LogP contribution in [-0.4, -0.2) is 30.3 Å². The van der Waals surface area contributed by atoms with Crippen LogP contribution in [0.25, 0.3) is 0 Å². The van der Waals surface area contributed by atoms with Gasteiger partial charge in [-0.15, -0.1) is 0 Å². The van der Waals surface area contributed by atoms with Crippen LogP contribution in [0.4, 0.5) is 0 Å². The van der Waals surface area contributed by atoms with E-state index in [4.69, 9.17) is 14.6 Å². The Morgan fingerprint density at radius 3 is 2.25 bits per heavy atom. The largest absolute Gasteiger partial charge is 0.490 e. The maximum Gasteiger partial charge on any atom is 0.330 e. The summed E-state index contributed by atoms with van der Waals surface area (Å²) in [5, 5.41) is 7.99. The molecular formula is C15H20O5. The van der Waals surface area contributed by atoms with Crippen molar-refractivity contribution in [2.45, 2.75) is 13.8 Å². The van der Waals surface area contributed by atoms with E-state index in [0.717, 1.165) is 11.8 Å². The van der Waals surface area contributed by atoms with Gasteiger partial charge in [-0.25, -0.2) is 4.79 Å². The molecule has 0 aromatic heterocycles. The quantitative estimate of drug-likeness (QED) is 0.492. The number of aliphatic carboxylic acids is 1. The van der Waals surface area contributed by atoms with Gasteiger partial charge in [0.25, 0.3) is 0 Å². The Bertz CT molecular complexity index is 412. The Labute approximate surface area is 118 Å². The Hall–Kier alpha value is -2.30. The molecule has 1 aromatic rings. The summed E-state index contributed by atoms with van der Waals surface area (Å²) < 4.78 is 10.0. The molecule has 0 bridgehead atoms. The lowest BCUT2D eigenvalue weighted by Gasteiger charge is -2.05. The highest BCUT2D eigenvalue weighted by atomic mass is 16.6. The van der Waals surface area contributed by atoms with Crippen LogP contribution in [0.15, 0.2) is 43.0 Å². The SMILES string of the molecule is C=CC(=O)OCCOc1ccccc1.CC(C)C(=O)O. The van der Waals surface area contributed by atoms with Crippen molar-refractivity contribution < 1.29 is 24.2 Å². The molecule has 0 amide bonds. The molecule has 0 radical (unpaired) electrons. The van der Waals surface area contributed by atoms with Gasteiger partial charge in [-0.3, -0.25) is 4.79 Å². The van der Waals surface area contributed by atoms with E-state index in [9.17, 15) is 9.59 Å². The summed E-state index contributed by atoms with van der Waals surface area (Å²) in [5.41, 5.74) is 0. The van der Waals surface area contributed by atoms with Crippen molar-refractivity contribution >= 4 is 11.9 Å². The summed E-state index contributed by atoms with van der Waals surface area (Å²) in [4.78, 5) is 20.3. The van der Waals surface area contributed by atoms with Crippen molar-refractivity contribution in [3.05, 3.63) is 43.0 Å². The fourth-order valence-electron chi connectivity index (χ4n) is 0.877. The van der Waals surface area contributed by atoms with Crippen LogP contribution in [0.1, 0.15) is 13.8 Å². The summed E-state index contributed by atoms with van der Waals surface area (Å²) in [5.74, 6) is -0.635. The first-order valence-corrected chi connectivity index (χ1v) is 6.17. The fraction of sp³-hybridized carbons (Fsp3) is 0.333. The molecule has 110 valence electrons. The van der Waals surface area contributed by atoms with E-state index in [1.165, 1.54) is 0 Å². The first-order valence-electron chi connectivity index (χ1n) is 6.17. The minimum Gasteiger partial charge on any atom is -0.490 e. The molecule has 0 atom stereocenters. The lowest BCUT2D eigenvalue weighted by molar-refractivity contribution is -0.140. The van der Waals surface area contributed by atoms with E-state index in [-0.39, 0.29) is 12.5 Å². The van der Waals surface area contributed by atoms with Gasteiger partial charge in [-0.1, -0.05) is 38.6 Å². The summed E-state index contributed by atoms with van der Waals surface area (Å²) in [6, 6.07) is 9.35. The Morgan fingerprint density at radius 2 is 1.80 bits per heavy atom. The van der Waals surface area contributed by atoms with Crippen LogP contribution in [0.2, 0.25) is 0 Å². The smallest absolute Gasteiger partial charge is 0.330 e. The number of carbonyl (C=O) groups excluding carboxylic acids is 1. The van der Waals surface area contributed by atoms with Crippen LogP contribution in [0, 0.1) is 5.92 Å². The number of benzene rings is 1. The molecule has 1 N–H and O–H groups in total. The normalized spacial score (nSPS) is 9.15. The predicted molar refractivity (Wildman–Crippen MR) is 75.6 cm³/mol. The van der Waals surface area contributed by atoms with Crippen LogP contribution < -0.4 is 4.74 Å². The zero-order chi connectivity index (χ0) is 15.4. The lowest BCUT2D eigenvalue weighted by atomic mass is 10.2. The van der Waals surface area contributed by atoms with Gasteiger partial charge < -0.3 is 14.6 Å². The van der Waals surface area contributed by atoms with Gasteiger partial charge >= 0.3 is 11.9 Å². The first kappa shape index (κ1) is 17.7. The monoisotopic (exact) mass is 280 g/mol. The van der Waals surface area contributed by atoms with Crippen molar-refractivity contribution in [2.24, 2.45) is 5.92 Å². The van der Waals surface area contributed by atoms with Gasteiger partial charge in [-0.05, 0) is 12.1 Å². The first-order chi connectivity index (χ1) is 9.47. The third-order valence-corrected chi connectivity index (χ3v) is 2.00. The Balaban J connectivity index is 0.000000511. The molecule has 0 aliphatic rings. The number of hydrogen-bond acceptors (Lipinski definition) is 4. The molecule has 5 nitrogen and oxygen atoms in total. The molecule has 0 aliphatic heterocycles. The van der Waals surface area contributed by atoms with Crippen LogP contribution >= 0.6 is 0 Å². The van der Waals surface area contributed by atoms with Gasteiger partial charge in [0, 0.05) is 6.08 Å². The number of carbonyl (C=O) groups is 2. The molecule has 1 aromatic carbocycles. The van der Waals surface area contributed by atoms with Crippen LogP contribution in [0.5, 0.6) is 5.75 Å². The van der Waals surface area contributed by atoms with Crippen LogP contribution in [0.3, 0.4) is 0 Å². The van der Waals surface area contributed by atoms with Crippen molar-refractivity contribution in [1.29, 1.82) is 0 Å². The van der Waals surface area contributed by atoms with E-state index >= 15 is 0 Å². The van der Waals surface area contributed by atoms with Gasteiger partial charge in [0.1, 0.15) is 19.0 Å². The van der Waals surface area contributed by atoms with E-state index in [1.54, 1.807) is 13.8 Å². The van der Waals surface area contributed by atoms with Crippen molar-refractivity contribution in [2.75, 3.05) is 13.2 Å². The average Bonchev–Trinajstić information content (AvgIpc) is 2.45. The minimum absolute atomic E-state index is 0.231. The highest BCUT2D eigenvalue weighted by Crippen LogP contribution is 2.07. The number of ether oxygens (including phenoxy) is 2. The second-order valence-electron chi connectivity index (χ2n) is 4.03. The lowest BCUT2D eigenvalue weighted by Crippen LogP contribution is -2.09. The highest BCUT2D eigenvalue weighted by molar-refractivity contribution is 5.81. The van der Waals surface area contributed by atoms with Gasteiger partial charge in [0.2, 0.25) is 0 Å². The molecular weight excluding hydrogens is 260 g/mol. The summed E-state index contributed by atoms with van der Waals surface area (Å²) in [7, 11) is 0.